The number of aromatic nitrogens is 1. The van der Waals surface area contributed by atoms with E-state index in [1.54, 1.807) is 0 Å². The quantitative estimate of drug-likeness (QED) is 0.0625. The van der Waals surface area contributed by atoms with Crippen LogP contribution in [0.2, 0.25) is 0 Å². The standard InChI is InChI=1S/C76H63N3O2Si2/c1-49-28-33-54(34-29-49)77(67-37-30-50(2)42-70(67)82(57-20-12-8-13-21-57)58-22-14-9-15-23-58)55-35-40-65-61(47-55)74(80)63-45-53(76(5,6)7)46-64-73(63)79(65)66-41-36-56(48-62(66)75(64)81)78-68-38-31-51(3)43-71(68)83(59-24-16-10-17-25-59,60-26-18-11-19-27-60)72-44-52(4)32-39-69(72)78/h8-48,82H,1-7H3. The van der Waals surface area contributed by atoms with Gasteiger partial charge in [0.15, 0.2) is 18.9 Å². The normalized spacial score (nSPS) is 13.0. The smallest absolute Gasteiger partial charge is 0.197 e. The predicted molar refractivity (Wildman–Crippen MR) is 357 cm³/mol. The Bertz CT molecular complexity index is 4550. The molecule has 1 aliphatic heterocycles. The van der Waals surface area contributed by atoms with E-state index in [0.717, 1.165) is 56.3 Å². The Hall–Kier alpha value is -9.41. The summed E-state index contributed by atoms with van der Waals surface area (Å²) in [6, 6.07) is 90.4. The van der Waals surface area contributed by atoms with Gasteiger partial charge in [0.2, 0.25) is 0 Å². The predicted octanol–water partition coefficient (Wildman–Crippen LogP) is 13.0. The van der Waals surface area contributed by atoms with Gasteiger partial charge in [-0.3, -0.25) is 9.59 Å². The molecule has 0 saturated carbocycles. The third kappa shape index (κ3) is 8.39. The molecule has 0 amide bonds. The highest BCUT2D eigenvalue weighted by atomic mass is 28.3. The molecule has 14 rings (SSSR count). The van der Waals surface area contributed by atoms with Gasteiger partial charge in [-0.1, -0.05) is 223 Å². The number of nitrogens with zero attached hydrogens (tertiary/aromatic N) is 3. The second-order valence-electron chi connectivity index (χ2n) is 23.9. The SMILES string of the molecule is Cc1ccc(N(c2ccc3c(c2)c(=O)c2cc(C(C)(C)C)cc4c(=O)c5cc(N6c7ccc(C)cc7[Si](c7ccccc7)(c7ccccc7)c7cc(C)ccc76)ccc5n3c24)c2ccc(C)cc2[SiH](c2ccccc2)c2ccccc2)cc1. The summed E-state index contributed by atoms with van der Waals surface area (Å²) in [6.07, 6.45) is 0. The average Bonchev–Trinajstić information content (AvgIpc) is 2.18. The molecule has 0 aliphatic carbocycles. The highest BCUT2D eigenvalue weighted by molar-refractivity contribution is 7.21. The minimum absolute atomic E-state index is 0.0936. The fourth-order valence-corrected chi connectivity index (χ4v) is 22.0. The van der Waals surface area contributed by atoms with E-state index in [-0.39, 0.29) is 16.3 Å². The van der Waals surface area contributed by atoms with Crippen molar-refractivity contribution in [3.8, 4) is 0 Å². The van der Waals surface area contributed by atoms with E-state index in [9.17, 15) is 0 Å². The van der Waals surface area contributed by atoms with Crippen molar-refractivity contribution in [1.29, 1.82) is 0 Å². The topological polar surface area (TPSA) is 45.0 Å². The maximum atomic E-state index is 15.8. The van der Waals surface area contributed by atoms with Crippen molar-refractivity contribution in [1.82, 2.24) is 4.40 Å². The van der Waals surface area contributed by atoms with Crippen LogP contribution < -0.4 is 57.0 Å². The third-order valence-electron chi connectivity index (χ3n) is 17.4. The van der Waals surface area contributed by atoms with Crippen molar-refractivity contribution in [3.05, 3.63) is 297 Å². The number of fused-ring (bicyclic) bond motifs is 6. The summed E-state index contributed by atoms with van der Waals surface area (Å²) in [5.74, 6) is 0. The molecular formula is C76H63N3O2Si2. The zero-order chi connectivity index (χ0) is 56.9. The van der Waals surface area contributed by atoms with Crippen LogP contribution in [0.3, 0.4) is 0 Å². The number of pyridine rings is 2. The first-order chi connectivity index (χ1) is 40.3. The van der Waals surface area contributed by atoms with E-state index in [0.29, 0.717) is 27.1 Å². The fourth-order valence-electron chi connectivity index (χ4n) is 13.5. The van der Waals surface area contributed by atoms with Crippen molar-refractivity contribution in [2.24, 2.45) is 0 Å². The van der Waals surface area contributed by atoms with Gasteiger partial charge < -0.3 is 14.2 Å². The van der Waals surface area contributed by atoms with E-state index in [1.807, 2.05) is 12.1 Å². The molecule has 0 atom stereocenters. The number of hydrogen-bond donors (Lipinski definition) is 0. The number of hydrogen-bond acceptors (Lipinski definition) is 4. The van der Waals surface area contributed by atoms with Gasteiger partial charge in [-0.25, -0.2) is 0 Å². The molecule has 0 bridgehead atoms. The highest BCUT2D eigenvalue weighted by Crippen LogP contribution is 2.42. The van der Waals surface area contributed by atoms with Crippen LogP contribution >= 0.6 is 0 Å². The number of benzene rings is 11. The average molecular weight is 1110 g/mol. The van der Waals surface area contributed by atoms with Crippen LogP contribution in [0.1, 0.15) is 48.6 Å². The lowest BCUT2D eigenvalue weighted by atomic mass is 9.85. The van der Waals surface area contributed by atoms with Crippen LogP contribution in [0.15, 0.2) is 258 Å². The molecule has 7 heteroatoms. The van der Waals surface area contributed by atoms with Crippen molar-refractivity contribution >= 4 is 125 Å². The van der Waals surface area contributed by atoms with E-state index < -0.39 is 16.9 Å². The van der Waals surface area contributed by atoms with Crippen LogP contribution in [-0.2, 0) is 5.41 Å². The molecule has 5 nitrogen and oxygen atoms in total. The molecule has 1 aliphatic rings. The molecule has 0 fully saturated rings. The van der Waals surface area contributed by atoms with Crippen LogP contribution in [0.4, 0.5) is 34.1 Å². The van der Waals surface area contributed by atoms with Gasteiger partial charge in [0.05, 0.1) is 16.6 Å². The lowest BCUT2D eigenvalue weighted by Gasteiger charge is -2.45. The van der Waals surface area contributed by atoms with E-state index in [4.69, 9.17) is 0 Å². The lowest BCUT2D eigenvalue weighted by Crippen LogP contribution is -2.77. The van der Waals surface area contributed by atoms with E-state index >= 15 is 9.59 Å². The lowest BCUT2D eigenvalue weighted by molar-refractivity contribution is 0.591. The molecule has 0 unspecified atom stereocenters. The Morgan fingerprint density at radius 2 is 0.880 bits per heavy atom. The van der Waals surface area contributed by atoms with Gasteiger partial charge in [0.1, 0.15) is 8.80 Å². The Kier molecular flexibility index (Phi) is 12.4. The molecule has 0 spiro atoms. The second kappa shape index (κ2) is 19.9. The molecule has 402 valence electrons. The first kappa shape index (κ1) is 51.7. The van der Waals surface area contributed by atoms with E-state index in [1.165, 1.54) is 53.0 Å². The maximum absolute atomic E-state index is 15.8. The molecule has 83 heavy (non-hydrogen) atoms. The largest absolute Gasteiger partial charge is 0.311 e. The Balaban J connectivity index is 1.03. The number of anilines is 6. The summed E-state index contributed by atoms with van der Waals surface area (Å²) in [7, 11) is -5.03. The van der Waals surface area contributed by atoms with Crippen LogP contribution in [-0.4, -0.2) is 21.3 Å². The molecule has 3 heterocycles. The Morgan fingerprint density at radius 1 is 0.422 bits per heavy atom. The van der Waals surface area contributed by atoms with Gasteiger partial charge in [-0.2, -0.15) is 0 Å². The van der Waals surface area contributed by atoms with Gasteiger partial charge >= 0.3 is 0 Å². The van der Waals surface area contributed by atoms with Gasteiger partial charge in [-0.05, 0) is 143 Å². The van der Waals surface area contributed by atoms with Crippen molar-refractivity contribution in [2.45, 2.75) is 53.9 Å². The second-order valence-corrected chi connectivity index (χ2v) is 30.5. The Labute approximate surface area is 487 Å². The molecular weight excluding hydrogens is 1040 g/mol. The zero-order valence-corrected chi connectivity index (χ0v) is 50.1. The number of aryl methyl sites for hydroxylation is 4. The van der Waals surface area contributed by atoms with Crippen LogP contribution in [0.5, 0.6) is 0 Å². The van der Waals surface area contributed by atoms with Crippen LogP contribution in [0.25, 0.3) is 38.1 Å². The fraction of sp³-hybridized carbons (Fsp3) is 0.105. The first-order valence-corrected chi connectivity index (χ1v) is 32.6. The summed E-state index contributed by atoms with van der Waals surface area (Å²) < 4.78 is 2.20. The van der Waals surface area contributed by atoms with Crippen molar-refractivity contribution in [3.63, 3.8) is 0 Å². The zero-order valence-electron chi connectivity index (χ0n) is 47.9. The summed E-state index contributed by atoms with van der Waals surface area (Å²) in [6.45, 7) is 15.1. The number of rotatable bonds is 9. The molecule has 0 radical (unpaired) electrons. The van der Waals surface area contributed by atoms with Gasteiger partial charge in [-0.15, -0.1) is 0 Å². The summed E-state index contributed by atoms with van der Waals surface area (Å²) in [5.41, 5.74) is 13.3. The Morgan fingerprint density at radius 3 is 1.41 bits per heavy atom. The molecule has 0 saturated heterocycles. The minimum atomic E-state index is -2.94. The van der Waals surface area contributed by atoms with Gasteiger partial charge in [0, 0.05) is 55.7 Å². The maximum Gasteiger partial charge on any atom is 0.197 e. The summed E-state index contributed by atoms with van der Waals surface area (Å²) in [5, 5.41) is 11.4. The van der Waals surface area contributed by atoms with E-state index in [2.05, 4.69) is 299 Å². The monoisotopic (exact) mass is 1110 g/mol. The minimum Gasteiger partial charge on any atom is -0.311 e. The van der Waals surface area contributed by atoms with Crippen LogP contribution in [0, 0.1) is 27.7 Å². The molecule has 2 aromatic heterocycles. The highest BCUT2D eigenvalue weighted by Gasteiger charge is 2.49. The van der Waals surface area contributed by atoms with Crippen molar-refractivity contribution < 1.29 is 0 Å². The summed E-state index contributed by atoms with van der Waals surface area (Å²) in [4.78, 5) is 36.3. The third-order valence-corrected chi connectivity index (χ3v) is 25.4. The molecule has 0 N–H and O–H groups in total. The van der Waals surface area contributed by atoms with Gasteiger partial charge in [0.25, 0.3) is 0 Å². The molecule has 13 aromatic rings. The molecule has 11 aromatic carbocycles. The first-order valence-electron chi connectivity index (χ1n) is 28.8. The van der Waals surface area contributed by atoms with Crippen molar-refractivity contribution in [2.75, 3.05) is 9.80 Å². The summed E-state index contributed by atoms with van der Waals surface area (Å²) >= 11 is 0.